The van der Waals surface area contributed by atoms with Crippen molar-refractivity contribution in [3.8, 4) is 5.75 Å². The number of amides is 1. The summed E-state index contributed by atoms with van der Waals surface area (Å²) in [5, 5.41) is 2.44. The van der Waals surface area contributed by atoms with Gasteiger partial charge in [-0.2, -0.15) is 8.78 Å². The predicted octanol–water partition coefficient (Wildman–Crippen LogP) is 3.96. The van der Waals surface area contributed by atoms with E-state index in [-0.39, 0.29) is 23.8 Å². The number of alkyl halides is 2. The number of ketones is 1. The van der Waals surface area contributed by atoms with Crippen molar-refractivity contribution in [2.75, 3.05) is 6.61 Å². The van der Waals surface area contributed by atoms with Gasteiger partial charge in [0.15, 0.2) is 12.4 Å². The second-order valence-corrected chi connectivity index (χ2v) is 6.86. The average molecular weight is 435 g/mol. The molecule has 0 saturated heterocycles. The van der Waals surface area contributed by atoms with Gasteiger partial charge in [0, 0.05) is 5.56 Å². The Morgan fingerprint density at radius 1 is 0.935 bits per heavy atom. The van der Waals surface area contributed by atoms with Crippen LogP contribution in [0.4, 0.5) is 13.6 Å². The van der Waals surface area contributed by atoms with Crippen molar-refractivity contribution in [1.82, 2.24) is 5.32 Å². The van der Waals surface area contributed by atoms with Gasteiger partial charge in [0.2, 0.25) is 0 Å². The van der Waals surface area contributed by atoms with Gasteiger partial charge in [0.25, 0.3) is 0 Å². The van der Waals surface area contributed by atoms with E-state index in [0.717, 1.165) is 5.56 Å². The molecule has 0 aliphatic carbocycles. The van der Waals surface area contributed by atoms with Crippen LogP contribution in [0.1, 0.15) is 29.8 Å². The number of carbonyl (C=O) groups excluding carboxylic acids is 3. The fourth-order valence-corrected chi connectivity index (χ4v) is 2.52. The SMILES string of the molecule is CC(C)[C@H](NC(=O)OCc1ccccc1)C(=O)OCC(=O)c1ccc(OC(F)F)cc1. The first kappa shape index (κ1) is 23.8. The Labute approximate surface area is 178 Å². The molecule has 0 fully saturated rings. The topological polar surface area (TPSA) is 90.9 Å². The fraction of sp³-hybridized carbons (Fsp3) is 0.318. The molecule has 1 amide bonds. The quantitative estimate of drug-likeness (QED) is 0.449. The minimum absolute atomic E-state index is 0.0380. The highest BCUT2D eigenvalue weighted by atomic mass is 19.3. The largest absolute Gasteiger partial charge is 0.456 e. The highest BCUT2D eigenvalue weighted by Crippen LogP contribution is 2.15. The first-order valence-electron chi connectivity index (χ1n) is 9.48. The number of rotatable bonds is 10. The highest BCUT2D eigenvalue weighted by molar-refractivity contribution is 5.98. The van der Waals surface area contributed by atoms with Crippen LogP contribution in [0.5, 0.6) is 5.75 Å². The van der Waals surface area contributed by atoms with Gasteiger partial charge in [0.05, 0.1) is 0 Å². The number of carbonyl (C=O) groups is 3. The first-order valence-corrected chi connectivity index (χ1v) is 9.48. The minimum Gasteiger partial charge on any atom is -0.456 e. The summed E-state index contributed by atoms with van der Waals surface area (Å²) < 4.78 is 38.7. The molecule has 2 rings (SSSR count). The summed E-state index contributed by atoms with van der Waals surface area (Å²) >= 11 is 0. The standard InChI is InChI=1S/C22H23F2NO6/c1-14(2)19(25-22(28)30-12-15-6-4-3-5-7-15)20(27)29-13-18(26)16-8-10-17(11-9-16)31-21(23)24/h3-11,14,19,21H,12-13H2,1-2H3,(H,25,28)/t19-/m0/s1. The van der Waals surface area contributed by atoms with E-state index in [0.29, 0.717) is 0 Å². The molecule has 0 bridgehead atoms. The van der Waals surface area contributed by atoms with Gasteiger partial charge in [0.1, 0.15) is 18.4 Å². The number of nitrogens with one attached hydrogen (secondary N) is 1. The molecule has 2 aromatic rings. The Hall–Kier alpha value is -3.49. The lowest BCUT2D eigenvalue weighted by Crippen LogP contribution is -2.45. The van der Waals surface area contributed by atoms with Gasteiger partial charge in [-0.25, -0.2) is 9.59 Å². The Balaban J connectivity index is 1.85. The van der Waals surface area contributed by atoms with E-state index < -0.39 is 37.1 Å². The van der Waals surface area contributed by atoms with Crippen LogP contribution < -0.4 is 10.1 Å². The van der Waals surface area contributed by atoms with Crippen molar-refractivity contribution in [2.45, 2.75) is 33.1 Å². The zero-order valence-electron chi connectivity index (χ0n) is 17.0. The number of alkyl carbamates (subject to hydrolysis) is 1. The van der Waals surface area contributed by atoms with Crippen molar-refractivity contribution in [3.05, 3.63) is 65.7 Å². The lowest BCUT2D eigenvalue weighted by atomic mass is 10.1. The van der Waals surface area contributed by atoms with Crippen molar-refractivity contribution < 1.29 is 37.4 Å². The smallest absolute Gasteiger partial charge is 0.408 e. The average Bonchev–Trinajstić information content (AvgIpc) is 2.74. The lowest BCUT2D eigenvalue weighted by molar-refractivity contribution is -0.146. The van der Waals surface area contributed by atoms with Gasteiger partial charge in [-0.15, -0.1) is 0 Å². The van der Waals surface area contributed by atoms with Crippen molar-refractivity contribution in [3.63, 3.8) is 0 Å². The number of benzene rings is 2. The number of hydrogen-bond acceptors (Lipinski definition) is 6. The number of hydrogen-bond donors (Lipinski definition) is 1. The van der Waals surface area contributed by atoms with Gasteiger partial charge in [-0.1, -0.05) is 44.2 Å². The van der Waals surface area contributed by atoms with Crippen LogP contribution in [-0.4, -0.2) is 37.1 Å². The molecule has 0 spiro atoms. The molecule has 0 unspecified atom stereocenters. The van der Waals surface area contributed by atoms with E-state index in [4.69, 9.17) is 9.47 Å². The maximum atomic E-state index is 12.4. The molecule has 0 aromatic heterocycles. The Bertz CT molecular complexity index is 871. The Kier molecular flexibility index (Phi) is 8.93. The summed E-state index contributed by atoms with van der Waals surface area (Å²) in [6, 6.07) is 13.0. The number of Topliss-reactive ketones (excluding diaryl/α,β-unsaturated/α-hetero) is 1. The summed E-state index contributed by atoms with van der Waals surface area (Å²) in [5.41, 5.74) is 0.947. The summed E-state index contributed by atoms with van der Waals surface area (Å²) in [6.45, 7) is -0.101. The summed E-state index contributed by atoms with van der Waals surface area (Å²) in [5.74, 6) is -1.75. The molecule has 0 saturated carbocycles. The van der Waals surface area contributed by atoms with E-state index in [1.807, 2.05) is 6.07 Å². The minimum atomic E-state index is -2.97. The molecule has 31 heavy (non-hydrogen) atoms. The van der Waals surface area contributed by atoms with E-state index in [1.54, 1.807) is 38.1 Å². The zero-order chi connectivity index (χ0) is 22.8. The highest BCUT2D eigenvalue weighted by Gasteiger charge is 2.27. The molecule has 1 atom stereocenters. The van der Waals surface area contributed by atoms with Gasteiger partial charge in [-0.05, 0) is 35.7 Å². The monoisotopic (exact) mass is 435 g/mol. The molecular formula is C22H23F2NO6. The fourth-order valence-electron chi connectivity index (χ4n) is 2.52. The molecule has 0 aliphatic heterocycles. The molecule has 2 aromatic carbocycles. The molecule has 0 radical (unpaired) electrons. The molecule has 7 nitrogen and oxygen atoms in total. The second kappa shape index (κ2) is 11.6. The third kappa shape index (κ3) is 8.04. The van der Waals surface area contributed by atoms with Gasteiger partial charge < -0.3 is 19.5 Å². The van der Waals surface area contributed by atoms with Crippen LogP contribution in [0.25, 0.3) is 0 Å². The van der Waals surface area contributed by atoms with Gasteiger partial charge >= 0.3 is 18.7 Å². The number of halogens is 2. The molecule has 1 N–H and O–H groups in total. The molecular weight excluding hydrogens is 412 g/mol. The number of ether oxygens (including phenoxy) is 3. The lowest BCUT2D eigenvalue weighted by Gasteiger charge is -2.20. The van der Waals surface area contributed by atoms with E-state index in [1.165, 1.54) is 24.3 Å². The van der Waals surface area contributed by atoms with E-state index >= 15 is 0 Å². The van der Waals surface area contributed by atoms with Crippen molar-refractivity contribution in [1.29, 1.82) is 0 Å². The van der Waals surface area contributed by atoms with Gasteiger partial charge in [-0.3, -0.25) is 4.79 Å². The first-order chi connectivity index (χ1) is 14.8. The normalized spacial score (nSPS) is 11.7. The second-order valence-electron chi connectivity index (χ2n) is 6.86. The summed E-state index contributed by atoms with van der Waals surface area (Å²) in [7, 11) is 0. The maximum Gasteiger partial charge on any atom is 0.408 e. The van der Waals surface area contributed by atoms with Crippen LogP contribution in [-0.2, 0) is 20.9 Å². The van der Waals surface area contributed by atoms with Crippen molar-refractivity contribution >= 4 is 17.8 Å². The summed E-state index contributed by atoms with van der Waals surface area (Å²) in [6.07, 6.45) is -0.791. The van der Waals surface area contributed by atoms with E-state index in [9.17, 15) is 23.2 Å². The summed E-state index contributed by atoms with van der Waals surface area (Å²) in [4.78, 5) is 36.6. The number of esters is 1. The Morgan fingerprint density at radius 3 is 2.16 bits per heavy atom. The van der Waals surface area contributed by atoms with Crippen LogP contribution >= 0.6 is 0 Å². The third-order valence-electron chi connectivity index (χ3n) is 4.15. The molecule has 166 valence electrons. The van der Waals surface area contributed by atoms with Crippen LogP contribution in [0.2, 0.25) is 0 Å². The van der Waals surface area contributed by atoms with Crippen molar-refractivity contribution in [2.24, 2.45) is 5.92 Å². The van der Waals surface area contributed by atoms with Crippen LogP contribution in [0, 0.1) is 5.92 Å². The predicted molar refractivity (Wildman–Crippen MR) is 107 cm³/mol. The maximum absolute atomic E-state index is 12.4. The molecule has 9 heteroatoms. The van der Waals surface area contributed by atoms with E-state index in [2.05, 4.69) is 10.1 Å². The van der Waals surface area contributed by atoms with Crippen LogP contribution in [0.3, 0.4) is 0 Å². The Morgan fingerprint density at radius 2 is 1.58 bits per heavy atom. The molecule has 0 aliphatic rings. The van der Waals surface area contributed by atoms with Crippen LogP contribution in [0.15, 0.2) is 54.6 Å². The molecule has 0 heterocycles. The third-order valence-corrected chi connectivity index (χ3v) is 4.15. The zero-order valence-corrected chi connectivity index (χ0v) is 17.0.